The standard InChI is InChI=1S/C14H27NO5/c1-3-14(13(16)17)5-4-6-15(14)7-8-19-11-12-20-10-9-18-2/h3-12H2,1-2H3,(H,16,17). The number of aliphatic carboxylic acids is 1. The molecule has 1 N–H and O–H groups in total. The summed E-state index contributed by atoms with van der Waals surface area (Å²) < 4.78 is 15.6. The first-order valence-corrected chi connectivity index (χ1v) is 7.30. The molecule has 6 nitrogen and oxygen atoms in total. The number of hydrogen-bond donors (Lipinski definition) is 1. The van der Waals surface area contributed by atoms with Crippen molar-refractivity contribution in [3.63, 3.8) is 0 Å². The highest BCUT2D eigenvalue weighted by molar-refractivity contribution is 5.79. The molecule has 1 saturated heterocycles. The third-order valence-corrected chi connectivity index (χ3v) is 3.92. The van der Waals surface area contributed by atoms with E-state index < -0.39 is 11.5 Å². The summed E-state index contributed by atoms with van der Waals surface area (Å²) in [6.07, 6.45) is 2.32. The zero-order valence-electron chi connectivity index (χ0n) is 12.6. The zero-order valence-corrected chi connectivity index (χ0v) is 12.6. The van der Waals surface area contributed by atoms with Crippen molar-refractivity contribution < 1.29 is 24.1 Å². The summed E-state index contributed by atoms with van der Waals surface area (Å²) >= 11 is 0. The quantitative estimate of drug-likeness (QED) is 0.572. The van der Waals surface area contributed by atoms with E-state index in [0.29, 0.717) is 46.0 Å². The molecule has 0 aromatic carbocycles. The first-order chi connectivity index (χ1) is 9.67. The van der Waals surface area contributed by atoms with E-state index in [1.165, 1.54) is 0 Å². The summed E-state index contributed by atoms with van der Waals surface area (Å²) in [7, 11) is 1.64. The van der Waals surface area contributed by atoms with E-state index in [-0.39, 0.29) is 0 Å². The molecule has 0 aromatic heterocycles. The summed E-state index contributed by atoms with van der Waals surface area (Å²) in [5.41, 5.74) is -0.682. The molecule has 1 fully saturated rings. The number of likely N-dealkylation sites (tertiary alicyclic amines) is 1. The van der Waals surface area contributed by atoms with E-state index in [0.717, 1.165) is 19.4 Å². The maximum absolute atomic E-state index is 11.5. The fourth-order valence-electron chi connectivity index (χ4n) is 2.69. The molecule has 0 saturated carbocycles. The van der Waals surface area contributed by atoms with Crippen LogP contribution in [0.3, 0.4) is 0 Å². The lowest BCUT2D eigenvalue weighted by molar-refractivity contribution is -0.150. The second-order valence-corrected chi connectivity index (χ2v) is 5.00. The van der Waals surface area contributed by atoms with Gasteiger partial charge in [-0.15, -0.1) is 0 Å². The van der Waals surface area contributed by atoms with Crippen LogP contribution < -0.4 is 0 Å². The molecule has 1 atom stereocenters. The van der Waals surface area contributed by atoms with Crippen molar-refractivity contribution >= 4 is 5.97 Å². The monoisotopic (exact) mass is 289 g/mol. The van der Waals surface area contributed by atoms with Gasteiger partial charge < -0.3 is 19.3 Å². The Hall–Kier alpha value is -0.690. The SMILES string of the molecule is CCC1(C(=O)O)CCCN1CCOCCOCCOC. The van der Waals surface area contributed by atoms with Gasteiger partial charge in [-0.25, -0.2) is 0 Å². The van der Waals surface area contributed by atoms with E-state index in [2.05, 4.69) is 0 Å². The van der Waals surface area contributed by atoms with Crippen LogP contribution in [0.25, 0.3) is 0 Å². The summed E-state index contributed by atoms with van der Waals surface area (Å²) in [5, 5.41) is 9.44. The number of methoxy groups -OCH3 is 1. The Morgan fingerprint density at radius 2 is 1.85 bits per heavy atom. The normalized spacial score (nSPS) is 23.3. The highest BCUT2D eigenvalue weighted by Gasteiger charge is 2.45. The number of carbonyl (C=O) groups is 1. The molecule has 0 aromatic rings. The Bertz CT molecular complexity index is 287. The summed E-state index contributed by atoms with van der Waals surface area (Å²) in [5.74, 6) is -0.708. The number of rotatable bonds is 11. The van der Waals surface area contributed by atoms with Crippen LogP contribution in [-0.2, 0) is 19.0 Å². The van der Waals surface area contributed by atoms with Gasteiger partial charge in [-0.1, -0.05) is 6.92 Å². The van der Waals surface area contributed by atoms with Crippen molar-refractivity contribution in [2.45, 2.75) is 31.7 Å². The predicted octanol–water partition coefficient (Wildman–Crippen LogP) is 0.995. The maximum atomic E-state index is 11.5. The minimum absolute atomic E-state index is 0.531. The van der Waals surface area contributed by atoms with E-state index in [4.69, 9.17) is 14.2 Å². The summed E-state index contributed by atoms with van der Waals surface area (Å²) in [4.78, 5) is 13.5. The van der Waals surface area contributed by atoms with Crippen molar-refractivity contribution in [3.05, 3.63) is 0 Å². The first kappa shape index (κ1) is 17.4. The van der Waals surface area contributed by atoms with Crippen LogP contribution >= 0.6 is 0 Å². The molecule has 0 radical (unpaired) electrons. The topological polar surface area (TPSA) is 68.2 Å². The highest BCUT2D eigenvalue weighted by Crippen LogP contribution is 2.32. The minimum Gasteiger partial charge on any atom is -0.480 e. The number of nitrogens with zero attached hydrogens (tertiary/aromatic N) is 1. The van der Waals surface area contributed by atoms with E-state index in [1.807, 2.05) is 11.8 Å². The molecule has 118 valence electrons. The summed E-state index contributed by atoms with van der Waals surface area (Å²) in [6, 6.07) is 0. The van der Waals surface area contributed by atoms with Gasteiger partial charge in [-0.2, -0.15) is 0 Å². The van der Waals surface area contributed by atoms with Crippen LogP contribution in [0.2, 0.25) is 0 Å². The average Bonchev–Trinajstić information content (AvgIpc) is 2.86. The van der Waals surface area contributed by atoms with Crippen LogP contribution in [0.15, 0.2) is 0 Å². The van der Waals surface area contributed by atoms with Gasteiger partial charge >= 0.3 is 5.97 Å². The van der Waals surface area contributed by atoms with Crippen LogP contribution in [0.4, 0.5) is 0 Å². The van der Waals surface area contributed by atoms with Crippen LogP contribution in [0, 0.1) is 0 Å². The summed E-state index contributed by atoms with van der Waals surface area (Å²) in [6.45, 7) is 6.23. The van der Waals surface area contributed by atoms with Crippen molar-refractivity contribution in [2.24, 2.45) is 0 Å². The molecular formula is C14H27NO5. The largest absolute Gasteiger partial charge is 0.480 e. The van der Waals surface area contributed by atoms with Gasteiger partial charge in [-0.05, 0) is 25.8 Å². The Morgan fingerprint density at radius 3 is 2.45 bits per heavy atom. The fraction of sp³-hybridized carbons (Fsp3) is 0.929. The molecule has 0 amide bonds. The van der Waals surface area contributed by atoms with E-state index >= 15 is 0 Å². The van der Waals surface area contributed by atoms with Crippen molar-refractivity contribution in [3.8, 4) is 0 Å². The molecule has 1 unspecified atom stereocenters. The molecule has 1 aliphatic heterocycles. The molecule has 0 bridgehead atoms. The molecule has 0 aliphatic carbocycles. The number of carboxylic acid groups (broad SMARTS) is 1. The first-order valence-electron chi connectivity index (χ1n) is 7.30. The minimum atomic E-state index is -0.708. The second-order valence-electron chi connectivity index (χ2n) is 5.00. The molecule has 20 heavy (non-hydrogen) atoms. The highest BCUT2D eigenvalue weighted by atomic mass is 16.5. The fourth-order valence-corrected chi connectivity index (χ4v) is 2.69. The third-order valence-electron chi connectivity index (χ3n) is 3.92. The molecule has 1 rings (SSSR count). The lowest BCUT2D eigenvalue weighted by Gasteiger charge is -2.33. The number of carboxylic acids is 1. The van der Waals surface area contributed by atoms with Gasteiger partial charge in [0, 0.05) is 13.7 Å². The predicted molar refractivity (Wildman–Crippen MR) is 75.0 cm³/mol. The molecule has 0 spiro atoms. The number of hydrogen-bond acceptors (Lipinski definition) is 5. The van der Waals surface area contributed by atoms with Crippen molar-refractivity contribution in [1.82, 2.24) is 4.90 Å². The smallest absolute Gasteiger partial charge is 0.324 e. The number of ether oxygens (including phenoxy) is 3. The van der Waals surface area contributed by atoms with Crippen LogP contribution in [0.1, 0.15) is 26.2 Å². The van der Waals surface area contributed by atoms with Gasteiger partial charge in [0.05, 0.1) is 33.0 Å². The third kappa shape index (κ3) is 4.70. The zero-order chi connectivity index (χ0) is 14.8. The van der Waals surface area contributed by atoms with Gasteiger partial charge in [0.1, 0.15) is 5.54 Å². The van der Waals surface area contributed by atoms with Crippen LogP contribution in [0.5, 0.6) is 0 Å². The van der Waals surface area contributed by atoms with Gasteiger partial charge in [0.15, 0.2) is 0 Å². The molecule has 1 heterocycles. The van der Waals surface area contributed by atoms with Crippen molar-refractivity contribution in [2.75, 3.05) is 53.2 Å². The Balaban J connectivity index is 2.16. The molecular weight excluding hydrogens is 262 g/mol. The second kappa shape index (κ2) is 9.28. The Morgan fingerprint density at radius 1 is 1.20 bits per heavy atom. The van der Waals surface area contributed by atoms with Crippen LogP contribution in [-0.4, -0.2) is 74.7 Å². The average molecular weight is 289 g/mol. The lowest BCUT2D eigenvalue weighted by Crippen LogP contribution is -2.51. The maximum Gasteiger partial charge on any atom is 0.324 e. The Kier molecular flexibility index (Phi) is 8.06. The van der Waals surface area contributed by atoms with Crippen molar-refractivity contribution in [1.29, 1.82) is 0 Å². The van der Waals surface area contributed by atoms with Gasteiger partial charge in [0.25, 0.3) is 0 Å². The van der Waals surface area contributed by atoms with Gasteiger partial charge in [0.2, 0.25) is 0 Å². The van der Waals surface area contributed by atoms with E-state index in [9.17, 15) is 9.90 Å². The molecule has 6 heteroatoms. The van der Waals surface area contributed by atoms with E-state index in [1.54, 1.807) is 7.11 Å². The Labute approximate surface area is 121 Å². The molecule has 1 aliphatic rings. The lowest BCUT2D eigenvalue weighted by atomic mass is 9.93. The van der Waals surface area contributed by atoms with Gasteiger partial charge in [-0.3, -0.25) is 9.69 Å².